The van der Waals surface area contributed by atoms with Crippen LogP contribution in [0.4, 0.5) is 0 Å². The number of likely N-dealkylation sites (N-methyl/N-ethyl adjacent to an activating group) is 1. The molecule has 2 heterocycles. The van der Waals surface area contributed by atoms with Gasteiger partial charge in [0.2, 0.25) is 0 Å². The van der Waals surface area contributed by atoms with Crippen molar-refractivity contribution < 1.29 is 9.53 Å². The summed E-state index contributed by atoms with van der Waals surface area (Å²) in [6, 6.07) is 9.94. The summed E-state index contributed by atoms with van der Waals surface area (Å²) in [5, 5.41) is 0. The first-order valence-electron chi connectivity index (χ1n) is 7.99. The highest BCUT2D eigenvalue weighted by atomic mass is 32.1. The predicted molar refractivity (Wildman–Crippen MR) is 93.2 cm³/mol. The normalized spacial score (nSPS) is 21.2. The van der Waals surface area contributed by atoms with Crippen molar-refractivity contribution in [2.24, 2.45) is 0 Å². The Morgan fingerprint density at radius 3 is 2.71 bits per heavy atom. The van der Waals surface area contributed by atoms with Gasteiger partial charge in [-0.3, -0.25) is 4.79 Å². The highest BCUT2D eigenvalue weighted by Crippen LogP contribution is 2.31. The van der Waals surface area contributed by atoms with E-state index in [0.717, 1.165) is 23.8 Å². The van der Waals surface area contributed by atoms with E-state index in [1.807, 2.05) is 44.1 Å². The third kappa shape index (κ3) is 3.48. The minimum absolute atomic E-state index is 0.0674. The van der Waals surface area contributed by atoms with Crippen molar-refractivity contribution in [1.29, 1.82) is 0 Å². The summed E-state index contributed by atoms with van der Waals surface area (Å²) in [4.78, 5) is 17.0. The fraction of sp³-hybridized carbons (Fsp3) is 0.471. The molecule has 1 aromatic heterocycles. The van der Waals surface area contributed by atoms with Crippen LogP contribution in [0, 0.1) is 6.92 Å². The molecule has 0 saturated carbocycles. The largest absolute Gasteiger partial charge is 0.373 e. The van der Waals surface area contributed by atoms with Gasteiger partial charge in [0.1, 0.15) is 0 Å². The van der Waals surface area contributed by atoms with Crippen LogP contribution in [0.2, 0.25) is 0 Å². The Bertz CT molecular complexity index is 689. The monoisotopic (exact) mass is 346 g/mol. The number of carbonyl (C=O) groups excluding carboxylic acids is 1. The molecule has 0 unspecified atom stereocenters. The second-order valence-electron chi connectivity index (χ2n) is 6.22. The molecule has 1 aliphatic heterocycles. The maximum atomic E-state index is 13.1. The van der Waals surface area contributed by atoms with Crippen LogP contribution < -0.4 is 0 Å². The van der Waals surface area contributed by atoms with Gasteiger partial charge < -0.3 is 14.5 Å². The molecule has 1 fully saturated rings. The van der Waals surface area contributed by atoms with Gasteiger partial charge in [-0.05, 0) is 26.6 Å². The van der Waals surface area contributed by atoms with E-state index in [1.165, 1.54) is 0 Å². The van der Waals surface area contributed by atoms with Gasteiger partial charge in [-0.15, -0.1) is 0 Å². The van der Waals surface area contributed by atoms with E-state index in [4.69, 9.17) is 4.74 Å². The molecule has 0 spiro atoms. The van der Waals surface area contributed by atoms with Crippen LogP contribution in [0.1, 0.15) is 27.8 Å². The smallest absolute Gasteiger partial charge is 0.276 e. The highest BCUT2D eigenvalue weighted by molar-refractivity contribution is 6.99. The van der Waals surface area contributed by atoms with Crippen LogP contribution in [0.25, 0.3) is 0 Å². The second kappa shape index (κ2) is 7.38. The first kappa shape index (κ1) is 17.0. The molecule has 1 saturated heterocycles. The van der Waals surface area contributed by atoms with Crippen LogP contribution in [0.15, 0.2) is 30.3 Å². The number of nitrogens with zero attached hydrogens (tertiary/aromatic N) is 4. The zero-order valence-electron chi connectivity index (χ0n) is 14.2. The lowest BCUT2D eigenvalue weighted by molar-refractivity contribution is -0.0686. The lowest BCUT2D eigenvalue weighted by Gasteiger charge is -2.42. The molecule has 1 amide bonds. The highest BCUT2D eigenvalue weighted by Gasteiger charge is 2.38. The topological polar surface area (TPSA) is 58.6 Å². The van der Waals surface area contributed by atoms with Gasteiger partial charge in [0.15, 0.2) is 5.69 Å². The van der Waals surface area contributed by atoms with E-state index >= 15 is 0 Å². The molecule has 2 aromatic rings. The molecular formula is C17H22N4O2S. The van der Waals surface area contributed by atoms with E-state index in [2.05, 4.69) is 25.8 Å². The number of hydrogen-bond acceptors (Lipinski definition) is 6. The number of morpholine rings is 1. The van der Waals surface area contributed by atoms with E-state index in [1.54, 1.807) is 0 Å². The molecule has 128 valence electrons. The second-order valence-corrected chi connectivity index (χ2v) is 6.75. The number of carbonyl (C=O) groups is 1. The van der Waals surface area contributed by atoms with Crippen molar-refractivity contribution in [2.75, 3.05) is 33.8 Å². The molecule has 24 heavy (non-hydrogen) atoms. The lowest BCUT2D eigenvalue weighted by Crippen LogP contribution is -2.51. The molecule has 0 bridgehead atoms. The molecule has 0 N–H and O–H groups in total. The average molecular weight is 346 g/mol. The Balaban J connectivity index is 1.96. The minimum atomic E-state index is -0.129. The van der Waals surface area contributed by atoms with E-state index < -0.39 is 0 Å². The van der Waals surface area contributed by atoms with Gasteiger partial charge >= 0.3 is 0 Å². The van der Waals surface area contributed by atoms with Crippen LogP contribution in [-0.4, -0.2) is 64.3 Å². The third-order valence-electron chi connectivity index (χ3n) is 4.15. The summed E-state index contributed by atoms with van der Waals surface area (Å²) in [6.07, 6.45) is -0.0769. The molecule has 1 aromatic carbocycles. The Morgan fingerprint density at radius 2 is 2.08 bits per heavy atom. The SMILES string of the molecule is Cc1nsnc1C(=O)N1CCO[C@@H](CN(C)C)[C@@H]1c1ccccc1. The number of rotatable bonds is 4. The Kier molecular flexibility index (Phi) is 5.23. The fourth-order valence-corrected chi connectivity index (χ4v) is 3.62. The van der Waals surface area contributed by atoms with E-state index in [9.17, 15) is 4.79 Å². The van der Waals surface area contributed by atoms with Crippen LogP contribution in [0.3, 0.4) is 0 Å². The van der Waals surface area contributed by atoms with Gasteiger partial charge in [-0.1, -0.05) is 30.3 Å². The molecular weight excluding hydrogens is 324 g/mol. The summed E-state index contributed by atoms with van der Waals surface area (Å²) in [6.45, 7) is 3.66. The minimum Gasteiger partial charge on any atom is -0.373 e. The molecule has 1 aliphatic rings. The molecule has 6 nitrogen and oxygen atoms in total. The van der Waals surface area contributed by atoms with Crippen LogP contribution >= 0.6 is 11.7 Å². The van der Waals surface area contributed by atoms with Gasteiger partial charge in [0.25, 0.3) is 5.91 Å². The first-order valence-corrected chi connectivity index (χ1v) is 8.72. The van der Waals surface area contributed by atoms with Crippen molar-refractivity contribution in [3.8, 4) is 0 Å². The van der Waals surface area contributed by atoms with Gasteiger partial charge in [0.05, 0.1) is 36.2 Å². The number of hydrogen-bond donors (Lipinski definition) is 0. The maximum Gasteiger partial charge on any atom is 0.276 e. The zero-order chi connectivity index (χ0) is 17.1. The average Bonchev–Trinajstić information content (AvgIpc) is 3.00. The van der Waals surface area contributed by atoms with Crippen LogP contribution in [0.5, 0.6) is 0 Å². The zero-order valence-corrected chi connectivity index (χ0v) is 15.0. The number of amides is 1. The number of aryl methyl sites for hydroxylation is 1. The summed E-state index contributed by atoms with van der Waals surface area (Å²) in [5.74, 6) is -0.0674. The standard InChI is InChI=1S/C17H22N4O2S/c1-12-15(19-24-18-12)17(22)21-9-10-23-14(11-20(2)3)16(21)13-7-5-4-6-8-13/h4-8,14,16H,9-11H2,1-3H3/t14-,16-/m0/s1. The van der Waals surface area contributed by atoms with Gasteiger partial charge in [0, 0.05) is 13.1 Å². The Morgan fingerprint density at radius 1 is 1.33 bits per heavy atom. The summed E-state index contributed by atoms with van der Waals surface area (Å²) < 4.78 is 14.3. The van der Waals surface area contributed by atoms with Crippen molar-refractivity contribution >= 4 is 17.6 Å². The molecule has 0 aliphatic carbocycles. The molecule has 0 radical (unpaired) electrons. The maximum absolute atomic E-state index is 13.1. The van der Waals surface area contributed by atoms with Crippen molar-refractivity contribution in [1.82, 2.24) is 18.5 Å². The Labute approximate surface area is 146 Å². The predicted octanol–water partition coefficient (Wildman–Crippen LogP) is 1.99. The quantitative estimate of drug-likeness (QED) is 0.847. The van der Waals surface area contributed by atoms with Crippen LogP contribution in [-0.2, 0) is 4.74 Å². The van der Waals surface area contributed by atoms with E-state index in [-0.39, 0.29) is 18.1 Å². The number of aromatic nitrogens is 2. The summed E-state index contributed by atoms with van der Waals surface area (Å²) in [5.41, 5.74) is 2.22. The number of ether oxygens (including phenoxy) is 1. The third-order valence-corrected chi connectivity index (χ3v) is 4.77. The Hall–Kier alpha value is -1.83. The van der Waals surface area contributed by atoms with Gasteiger partial charge in [-0.2, -0.15) is 8.75 Å². The molecule has 3 rings (SSSR count). The molecule has 7 heteroatoms. The fourth-order valence-electron chi connectivity index (χ4n) is 3.08. The molecule has 2 atom stereocenters. The summed E-state index contributed by atoms with van der Waals surface area (Å²) >= 11 is 1.08. The van der Waals surface area contributed by atoms with Crippen molar-refractivity contribution in [3.63, 3.8) is 0 Å². The summed E-state index contributed by atoms with van der Waals surface area (Å²) in [7, 11) is 4.03. The van der Waals surface area contributed by atoms with Crippen molar-refractivity contribution in [2.45, 2.75) is 19.1 Å². The van der Waals surface area contributed by atoms with Gasteiger partial charge in [-0.25, -0.2) is 0 Å². The first-order chi connectivity index (χ1) is 11.6. The van der Waals surface area contributed by atoms with Crippen molar-refractivity contribution in [3.05, 3.63) is 47.3 Å². The number of benzene rings is 1. The van der Waals surface area contributed by atoms with E-state index in [0.29, 0.717) is 24.5 Å². The lowest BCUT2D eigenvalue weighted by atomic mass is 9.97.